The van der Waals surface area contributed by atoms with E-state index in [1.165, 1.54) is 0 Å². The van der Waals surface area contributed by atoms with Crippen LogP contribution in [0.25, 0.3) is 0 Å². The molecule has 6 rings (SSSR count). The first kappa shape index (κ1) is 48.1. The lowest BCUT2D eigenvalue weighted by atomic mass is 9.79. The van der Waals surface area contributed by atoms with Gasteiger partial charge >= 0.3 is 24.7 Å². The zero-order valence-corrected chi connectivity index (χ0v) is 34.2. The maximum Gasteiger partial charge on any atom is 0.433 e. The lowest BCUT2D eigenvalue weighted by Crippen LogP contribution is -2.45. The fourth-order valence-electron chi connectivity index (χ4n) is 6.74. The lowest BCUT2D eigenvalue weighted by molar-refractivity contribution is -0.185. The molecule has 0 radical (unpaired) electrons. The van der Waals surface area contributed by atoms with Crippen LogP contribution in [-0.4, -0.2) is 63.6 Å². The number of aliphatic hydroxyl groups excluding tert-OH is 1. The van der Waals surface area contributed by atoms with E-state index in [2.05, 4.69) is 19.9 Å². The molecule has 4 heterocycles. The molecular weight excluding hydrogens is 963 g/mol. The lowest BCUT2D eigenvalue weighted by Gasteiger charge is -2.32. The predicted octanol–water partition coefficient (Wildman–Crippen LogP) is 11.3. The summed E-state index contributed by atoms with van der Waals surface area (Å²) >= 11 is 35.3. The smallest absolute Gasteiger partial charge is 0.392 e. The molecule has 2 aromatic carbocycles. The molecule has 328 valence electrons. The first-order valence-electron chi connectivity index (χ1n) is 16.7. The van der Waals surface area contributed by atoms with Crippen molar-refractivity contribution in [1.29, 1.82) is 0 Å². The largest absolute Gasteiger partial charge is 0.433 e. The summed E-state index contributed by atoms with van der Waals surface area (Å²) in [5.74, 6) is -1.01. The SMILES string of the molecule is NCc1cnc(N2CCC(c3cc(Cl)c(Cl)c(Cl)c3)(C(F)(F)F)C2)nc1C(F)(F)F.OCc1cnc(N2CCC(c3cc(Cl)c(Cl)c(Cl)c3)(C(F)(F)F)C2)nc1C(F)(F)F. The van der Waals surface area contributed by atoms with Crippen molar-refractivity contribution in [2.75, 3.05) is 36.0 Å². The minimum atomic E-state index is -4.91. The Morgan fingerprint density at radius 3 is 1.22 bits per heavy atom. The highest BCUT2D eigenvalue weighted by Crippen LogP contribution is 2.52. The van der Waals surface area contributed by atoms with Crippen molar-refractivity contribution in [2.24, 2.45) is 5.73 Å². The van der Waals surface area contributed by atoms with E-state index in [-0.39, 0.29) is 59.9 Å². The number of nitrogens with two attached hydrogens (primary N) is 1. The summed E-state index contributed by atoms with van der Waals surface area (Å²) in [4.78, 5) is 16.4. The molecular formula is C34H25Cl6F12N7O. The van der Waals surface area contributed by atoms with Crippen LogP contribution in [0, 0.1) is 0 Å². The van der Waals surface area contributed by atoms with Gasteiger partial charge in [-0.25, -0.2) is 19.9 Å². The van der Waals surface area contributed by atoms with Gasteiger partial charge in [-0.2, -0.15) is 52.7 Å². The average Bonchev–Trinajstić information content (AvgIpc) is 3.83. The predicted molar refractivity (Wildman–Crippen MR) is 200 cm³/mol. The second-order valence-electron chi connectivity index (χ2n) is 13.5. The number of benzene rings is 2. The van der Waals surface area contributed by atoms with Crippen molar-refractivity contribution < 1.29 is 57.8 Å². The number of anilines is 2. The second kappa shape index (κ2) is 17.3. The molecule has 0 aliphatic carbocycles. The van der Waals surface area contributed by atoms with E-state index in [1.807, 2.05) is 0 Å². The molecule has 3 N–H and O–H groups in total. The summed E-state index contributed by atoms with van der Waals surface area (Å²) in [6.45, 7) is -3.42. The molecule has 2 aliphatic rings. The number of aromatic nitrogens is 4. The summed E-state index contributed by atoms with van der Waals surface area (Å²) in [5, 5.41) is 8.20. The van der Waals surface area contributed by atoms with Crippen LogP contribution in [0.15, 0.2) is 36.7 Å². The number of halogens is 18. The van der Waals surface area contributed by atoms with E-state index in [4.69, 9.17) is 80.4 Å². The van der Waals surface area contributed by atoms with E-state index in [0.29, 0.717) is 0 Å². The van der Waals surface area contributed by atoms with Crippen molar-refractivity contribution in [1.82, 2.24) is 19.9 Å². The highest BCUT2D eigenvalue weighted by molar-refractivity contribution is 6.48. The minimum Gasteiger partial charge on any atom is -0.392 e. The number of alkyl halides is 12. The summed E-state index contributed by atoms with van der Waals surface area (Å²) in [6.07, 6.45) is -18.6. The Morgan fingerprint density at radius 1 is 0.583 bits per heavy atom. The van der Waals surface area contributed by atoms with Crippen LogP contribution in [0.2, 0.25) is 30.1 Å². The van der Waals surface area contributed by atoms with E-state index in [1.54, 1.807) is 0 Å². The highest BCUT2D eigenvalue weighted by atomic mass is 35.5. The fraction of sp³-hybridized carbons (Fsp3) is 0.412. The zero-order chi connectivity index (χ0) is 45.0. The molecule has 2 unspecified atom stereocenters. The standard InChI is InChI=1S/C17H13Cl3F6N4.C17H12Cl3F6N3O/c18-10-3-9(4-11(19)12(10)20)15(17(24,25)26)1-2-30(7-15)14-28-6-8(5-27)13(29-14)16(21,22)23;18-10-3-9(4-11(19)12(10)20)15(17(24,25)26)1-2-29(7-15)14-27-5-8(6-30)13(28-14)16(21,22)23/h3-4,6H,1-2,5,7,27H2;3-5,30H,1-2,6-7H2. The van der Waals surface area contributed by atoms with E-state index >= 15 is 0 Å². The van der Waals surface area contributed by atoms with Crippen LogP contribution < -0.4 is 15.5 Å². The number of nitrogens with zero attached hydrogens (tertiary/aromatic N) is 6. The number of hydrogen-bond donors (Lipinski definition) is 2. The van der Waals surface area contributed by atoms with Gasteiger partial charge in [0.05, 0.1) is 36.7 Å². The van der Waals surface area contributed by atoms with Gasteiger partial charge < -0.3 is 20.6 Å². The number of aliphatic hydroxyl groups is 1. The summed E-state index contributed by atoms with van der Waals surface area (Å²) in [5.41, 5.74) is -3.76. The van der Waals surface area contributed by atoms with E-state index < -0.39 is 103 Å². The van der Waals surface area contributed by atoms with Gasteiger partial charge in [0.25, 0.3) is 0 Å². The number of hydrogen-bond acceptors (Lipinski definition) is 8. The van der Waals surface area contributed by atoms with Crippen LogP contribution >= 0.6 is 69.6 Å². The molecule has 2 aromatic heterocycles. The van der Waals surface area contributed by atoms with Gasteiger partial charge in [-0.1, -0.05) is 69.6 Å². The van der Waals surface area contributed by atoms with Gasteiger partial charge in [0.2, 0.25) is 11.9 Å². The quantitative estimate of drug-likeness (QED) is 0.145. The Morgan fingerprint density at radius 2 is 0.917 bits per heavy atom. The van der Waals surface area contributed by atoms with Crippen molar-refractivity contribution in [2.45, 2.75) is 61.5 Å². The summed E-state index contributed by atoms with van der Waals surface area (Å²) in [6, 6.07) is 4.21. The highest BCUT2D eigenvalue weighted by Gasteiger charge is 2.61. The Bertz CT molecular complexity index is 2040. The molecule has 0 bridgehead atoms. The van der Waals surface area contributed by atoms with Gasteiger partial charge in [0, 0.05) is 56.2 Å². The zero-order valence-electron chi connectivity index (χ0n) is 29.6. The van der Waals surface area contributed by atoms with Gasteiger partial charge in [-0.05, 0) is 48.2 Å². The van der Waals surface area contributed by atoms with Gasteiger partial charge in [0.1, 0.15) is 10.8 Å². The molecule has 0 amide bonds. The fourth-order valence-corrected chi connectivity index (χ4v) is 7.93. The van der Waals surface area contributed by atoms with Crippen LogP contribution in [0.5, 0.6) is 0 Å². The van der Waals surface area contributed by atoms with Crippen LogP contribution in [-0.2, 0) is 36.3 Å². The topological polar surface area (TPSA) is 104 Å². The first-order valence-corrected chi connectivity index (χ1v) is 19.0. The maximum atomic E-state index is 14.2. The Hall–Kier alpha value is -2.98. The van der Waals surface area contributed by atoms with Gasteiger partial charge in [-0.3, -0.25) is 0 Å². The summed E-state index contributed by atoms with van der Waals surface area (Å²) < 4.78 is 164. The molecule has 0 saturated carbocycles. The molecule has 26 heteroatoms. The van der Waals surface area contributed by atoms with Crippen molar-refractivity contribution in [3.8, 4) is 0 Å². The minimum absolute atomic E-state index is 0.0928. The normalized spacial score (nSPS) is 20.1. The molecule has 2 aliphatic heterocycles. The second-order valence-corrected chi connectivity index (χ2v) is 15.8. The van der Waals surface area contributed by atoms with Crippen molar-refractivity contribution in [3.63, 3.8) is 0 Å². The van der Waals surface area contributed by atoms with Crippen molar-refractivity contribution in [3.05, 3.63) is 100 Å². The van der Waals surface area contributed by atoms with E-state index in [0.717, 1.165) is 46.5 Å². The molecule has 2 fully saturated rings. The third-order valence-corrected chi connectivity index (χ3v) is 12.3. The van der Waals surface area contributed by atoms with Crippen LogP contribution in [0.4, 0.5) is 64.6 Å². The monoisotopic (exact) mass is 985 g/mol. The van der Waals surface area contributed by atoms with E-state index in [9.17, 15) is 52.7 Å². The van der Waals surface area contributed by atoms with Gasteiger partial charge in [-0.15, -0.1) is 0 Å². The first-order chi connectivity index (χ1) is 27.6. The molecule has 4 aromatic rings. The average molecular weight is 988 g/mol. The maximum absolute atomic E-state index is 14.2. The van der Waals surface area contributed by atoms with Gasteiger partial charge in [0.15, 0.2) is 11.4 Å². The Labute approximate surface area is 361 Å². The van der Waals surface area contributed by atoms with Crippen LogP contribution in [0.1, 0.15) is 46.5 Å². The number of rotatable bonds is 6. The summed E-state index contributed by atoms with van der Waals surface area (Å²) in [7, 11) is 0. The molecule has 2 saturated heterocycles. The van der Waals surface area contributed by atoms with Crippen LogP contribution in [0.3, 0.4) is 0 Å². The third-order valence-electron chi connectivity index (χ3n) is 9.89. The Kier molecular flexibility index (Phi) is 13.9. The van der Waals surface area contributed by atoms with Crippen molar-refractivity contribution >= 4 is 81.5 Å². The molecule has 2 atom stereocenters. The molecule has 8 nitrogen and oxygen atoms in total. The molecule has 60 heavy (non-hydrogen) atoms. The Balaban J connectivity index is 0.000000228. The molecule has 0 spiro atoms. The third kappa shape index (κ3) is 9.35.